The number of carboxylic acids is 1. The number of hydrogen-bond acceptors (Lipinski definition) is 18. The number of nitrogens with zero attached hydrogens (tertiary/aromatic N) is 3. The van der Waals surface area contributed by atoms with E-state index in [1.807, 2.05) is 0 Å². The van der Waals surface area contributed by atoms with Gasteiger partial charge in [0.15, 0.2) is 12.5 Å². The topological polar surface area (TPSA) is 364 Å². The average Bonchev–Trinajstić information content (AvgIpc) is 3.00. The Morgan fingerprint density at radius 2 is 1.64 bits per heavy atom. The number of aliphatic hydroxyl groups is 10. The van der Waals surface area contributed by atoms with Crippen LogP contribution in [-0.4, -0.2) is 185 Å². The van der Waals surface area contributed by atoms with E-state index in [4.69, 9.17) is 29.2 Å². The molecule has 3 aliphatic heterocycles. The van der Waals surface area contributed by atoms with Crippen molar-refractivity contribution in [3.63, 3.8) is 0 Å². The molecule has 16 atom stereocenters. The molecule has 258 valence electrons. The Morgan fingerprint density at radius 3 is 2.18 bits per heavy atom. The number of carbonyl (C=O) groups is 2. The van der Waals surface area contributed by atoms with E-state index in [0.29, 0.717) is 0 Å². The van der Waals surface area contributed by atoms with E-state index in [1.165, 1.54) is 0 Å². The maximum atomic E-state index is 12.6. The number of aliphatic carboxylic acids is 1. The number of rotatable bonds is 12. The molecule has 45 heavy (non-hydrogen) atoms. The Balaban J connectivity index is 1.95. The third kappa shape index (κ3) is 7.80. The molecule has 0 aromatic rings. The van der Waals surface area contributed by atoms with Crippen molar-refractivity contribution in [1.82, 2.24) is 5.32 Å². The van der Waals surface area contributed by atoms with Crippen LogP contribution in [0.5, 0.6) is 0 Å². The smallest absolute Gasteiger partial charge is 0.364 e. The molecule has 0 bridgehead atoms. The van der Waals surface area contributed by atoms with Crippen molar-refractivity contribution in [2.75, 3.05) is 19.8 Å². The number of aliphatic hydroxyl groups excluding tert-OH is 10. The number of ether oxygens (including phenoxy) is 5. The summed E-state index contributed by atoms with van der Waals surface area (Å²) >= 11 is 0. The maximum absolute atomic E-state index is 12.6. The Hall–Kier alpha value is -2.35. The summed E-state index contributed by atoms with van der Waals surface area (Å²) in [6, 6.07) is -1.55. The summed E-state index contributed by atoms with van der Waals surface area (Å²) in [5.74, 6) is -5.77. The van der Waals surface area contributed by atoms with E-state index in [9.17, 15) is 65.8 Å². The third-order valence-corrected chi connectivity index (χ3v) is 7.63. The van der Waals surface area contributed by atoms with Gasteiger partial charge in [-0.05, 0) is 5.53 Å². The van der Waals surface area contributed by atoms with Gasteiger partial charge in [0.25, 0.3) is 5.79 Å². The molecule has 3 saturated heterocycles. The number of amides is 1. The minimum atomic E-state index is -3.04. The first-order chi connectivity index (χ1) is 21.2. The summed E-state index contributed by atoms with van der Waals surface area (Å²) in [5.41, 5.74) is 8.66. The third-order valence-electron chi connectivity index (χ3n) is 7.63. The van der Waals surface area contributed by atoms with E-state index in [0.717, 1.165) is 6.92 Å². The molecule has 0 radical (unpaired) electrons. The lowest BCUT2D eigenvalue weighted by Crippen LogP contribution is -2.70. The molecule has 1 amide bonds. The first kappa shape index (κ1) is 37.1. The predicted molar refractivity (Wildman–Crippen MR) is 137 cm³/mol. The van der Waals surface area contributed by atoms with Gasteiger partial charge in [-0.1, -0.05) is 5.11 Å². The molecule has 0 aromatic heterocycles. The second kappa shape index (κ2) is 15.5. The van der Waals surface area contributed by atoms with Crippen molar-refractivity contribution < 1.29 is 89.4 Å². The van der Waals surface area contributed by atoms with Gasteiger partial charge in [-0.3, -0.25) is 4.79 Å². The van der Waals surface area contributed by atoms with Gasteiger partial charge in [0.1, 0.15) is 67.1 Å². The van der Waals surface area contributed by atoms with Gasteiger partial charge >= 0.3 is 5.97 Å². The minimum absolute atomic E-state index is 0.755. The number of hydrogen-bond donors (Lipinski definition) is 12. The van der Waals surface area contributed by atoms with Crippen molar-refractivity contribution in [1.29, 1.82) is 0 Å². The molecular formula is C23H38N4O18. The van der Waals surface area contributed by atoms with Crippen LogP contribution in [0.25, 0.3) is 10.4 Å². The fourth-order valence-electron chi connectivity index (χ4n) is 5.31. The van der Waals surface area contributed by atoms with Crippen LogP contribution in [0.3, 0.4) is 0 Å². The van der Waals surface area contributed by atoms with Gasteiger partial charge in [0, 0.05) is 18.3 Å². The Bertz CT molecular complexity index is 1070. The molecule has 3 heterocycles. The second-order valence-electron chi connectivity index (χ2n) is 10.7. The van der Waals surface area contributed by atoms with Crippen LogP contribution >= 0.6 is 0 Å². The van der Waals surface area contributed by atoms with Crippen LogP contribution < -0.4 is 5.32 Å². The molecule has 12 N–H and O–H groups in total. The van der Waals surface area contributed by atoms with Crippen molar-refractivity contribution >= 4 is 11.9 Å². The Kier molecular flexibility index (Phi) is 12.8. The molecule has 3 aliphatic rings. The van der Waals surface area contributed by atoms with Crippen LogP contribution in [0.2, 0.25) is 0 Å². The minimum Gasteiger partial charge on any atom is -0.477 e. The number of carboxylic acid groups (broad SMARTS) is 1. The number of carbonyl (C=O) groups excluding carboxylic acids is 1. The van der Waals surface area contributed by atoms with Crippen LogP contribution in [0, 0.1) is 0 Å². The van der Waals surface area contributed by atoms with E-state index < -0.39 is 136 Å². The van der Waals surface area contributed by atoms with Gasteiger partial charge in [-0.15, -0.1) is 0 Å². The molecule has 0 aromatic carbocycles. The SMILES string of the molecule is CC(=O)N[C@H]1[C@H]([C@H](O)[C@H](O)CO)O[C@@](O[C@H]2[C@@H](O)[C@@H](CO)O[C@@H](O[C@H]3[C@H](O)[C@@H](O)[C@H](N=[N+]=[N-])O[C@@H]3CO)[C@@H]2O)(C(=O)O)C[C@@H]1O. The zero-order valence-electron chi connectivity index (χ0n) is 23.6. The lowest BCUT2D eigenvalue weighted by Gasteiger charge is -2.50. The van der Waals surface area contributed by atoms with Gasteiger partial charge < -0.3 is 85.2 Å². The molecule has 0 aliphatic carbocycles. The van der Waals surface area contributed by atoms with Crippen molar-refractivity contribution in [3.05, 3.63) is 10.4 Å². The summed E-state index contributed by atoms with van der Waals surface area (Å²) in [5, 5.41) is 119. The molecule has 0 spiro atoms. The molecule has 22 heteroatoms. The predicted octanol–water partition coefficient (Wildman–Crippen LogP) is -6.91. The first-order valence-electron chi connectivity index (χ1n) is 13.6. The van der Waals surface area contributed by atoms with E-state index in [1.54, 1.807) is 0 Å². The largest absolute Gasteiger partial charge is 0.477 e. The van der Waals surface area contributed by atoms with Crippen LogP contribution in [0.1, 0.15) is 13.3 Å². The normalized spacial score (nSPS) is 43.5. The van der Waals surface area contributed by atoms with E-state index in [-0.39, 0.29) is 0 Å². The standard InChI is InChI=1S/C23H38N4O18/c1-6(31)25-11-7(32)2-23(22(39)40,44-18(11)12(34)8(33)3-28)45-19-13(35)9(4-29)42-21(16(19)38)43-17-10(5-30)41-20(26-27-24)15(37)14(17)36/h7-21,28-30,32-38H,2-5H2,1H3,(H,25,31)(H,39,40)/t7-,8+,9+,10+,11+,12+,13-,14+,15+,16+,17+,18+,19-,20+,21-,23-/m0/s1. The summed E-state index contributed by atoms with van der Waals surface area (Å²) in [4.78, 5) is 26.8. The lowest BCUT2D eigenvalue weighted by atomic mass is 9.88. The highest BCUT2D eigenvalue weighted by Crippen LogP contribution is 2.38. The Labute approximate surface area is 253 Å². The molecule has 0 saturated carbocycles. The summed E-state index contributed by atoms with van der Waals surface area (Å²) in [6.07, 6.45) is -27.7. The molecular weight excluding hydrogens is 620 g/mol. The van der Waals surface area contributed by atoms with Gasteiger partial charge in [-0.2, -0.15) is 0 Å². The van der Waals surface area contributed by atoms with Crippen molar-refractivity contribution in [2.45, 2.75) is 111 Å². The molecule has 3 rings (SSSR count). The average molecular weight is 659 g/mol. The fraction of sp³-hybridized carbons (Fsp3) is 0.913. The van der Waals surface area contributed by atoms with Gasteiger partial charge in [0.2, 0.25) is 5.91 Å². The summed E-state index contributed by atoms with van der Waals surface area (Å²) in [6.45, 7) is -1.89. The molecule has 22 nitrogen and oxygen atoms in total. The first-order valence-corrected chi connectivity index (χ1v) is 13.6. The van der Waals surface area contributed by atoms with E-state index >= 15 is 0 Å². The van der Waals surface area contributed by atoms with Crippen molar-refractivity contribution in [3.8, 4) is 0 Å². The van der Waals surface area contributed by atoms with E-state index in [2.05, 4.69) is 15.3 Å². The molecule has 0 unspecified atom stereocenters. The van der Waals surface area contributed by atoms with Gasteiger partial charge in [-0.25, -0.2) is 4.79 Å². The zero-order chi connectivity index (χ0) is 33.8. The highest BCUT2D eigenvalue weighted by Gasteiger charge is 2.60. The summed E-state index contributed by atoms with van der Waals surface area (Å²) in [7, 11) is 0. The Morgan fingerprint density at radius 1 is 1.00 bits per heavy atom. The lowest BCUT2D eigenvalue weighted by molar-refractivity contribution is -0.381. The zero-order valence-corrected chi connectivity index (χ0v) is 23.6. The quantitative estimate of drug-likeness (QED) is 0.0526. The fourth-order valence-corrected chi connectivity index (χ4v) is 5.31. The highest BCUT2D eigenvalue weighted by atomic mass is 16.8. The molecule has 3 fully saturated rings. The van der Waals surface area contributed by atoms with Crippen LogP contribution in [0.15, 0.2) is 5.11 Å². The number of azide groups is 1. The number of nitrogens with one attached hydrogen (secondary N) is 1. The van der Waals surface area contributed by atoms with Crippen LogP contribution in [0.4, 0.5) is 0 Å². The summed E-state index contributed by atoms with van der Waals surface area (Å²) < 4.78 is 27.2. The highest BCUT2D eigenvalue weighted by molar-refractivity contribution is 5.76. The van der Waals surface area contributed by atoms with Gasteiger partial charge in [0.05, 0.1) is 32.0 Å². The second-order valence-corrected chi connectivity index (χ2v) is 10.7. The van der Waals surface area contributed by atoms with Crippen molar-refractivity contribution in [2.24, 2.45) is 5.11 Å². The maximum Gasteiger partial charge on any atom is 0.364 e. The monoisotopic (exact) mass is 658 g/mol. The van der Waals surface area contributed by atoms with Crippen LogP contribution in [-0.2, 0) is 33.3 Å².